The van der Waals surface area contributed by atoms with Crippen molar-refractivity contribution in [3.05, 3.63) is 52.9 Å². The number of benzene rings is 1. The zero-order chi connectivity index (χ0) is 11.1. The number of rotatable bonds is 2. The summed E-state index contributed by atoms with van der Waals surface area (Å²) in [5.74, 6) is 0.822. The van der Waals surface area contributed by atoms with Crippen LogP contribution in [0.5, 0.6) is 0 Å². The van der Waals surface area contributed by atoms with E-state index in [4.69, 9.17) is 9.26 Å². The first-order chi connectivity index (χ1) is 7.74. The van der Waals surface area contributed by atoms with E-state index < -0.39 is 0 Å². The molecule has 0 spiro atoms. The normalized spacial score (nSPS) is 23.4. The highest BCUT2D eigenvalue weighted by atomic mass is 16.6. The van der Waals surface area contributed by atoms with Gasteiger partial charge in [0.05, 0.1) is 5.69 Å². The Kier molecular flexibility index (Phi) is 2.07. The predicted octanol–water partition coefficient (Wildman–Crippen LogP) is 3.10. The molecule has 3 heteroatoms. The fourth-order valence-corrected chi connectivity index (χ4v) is 1.86. The number of hydrogen-bond acceptors (Lipinski definition) is 3. The van der Waals surface area contributed by atoms with Crippen LogP contribution in [0, 0.1) is 13.8 Å². The summed E-state index contributed by atoms with van der Waals surface area (Å²) in [6.07, 6.45) is 0.178. The van der Waals surface area contributed by atoms with E-state index in [0.29, 0.717) is 0 Å². The van der Waals surface area contributed by atoms with Crippen molar-refractivity contribution in [2.45, 2.75) is 26.1 Å². The maximum absolute atomic E-state index is 5.61. The van der Waals surface area contributed by atoms with Crippen molar-refractivity contribution < 1.29 is 9.26 Å². The first-order valence-electron chi connectivity index (χ1n) is 5.39. The third-order valence-corrected chi connectivity index (χ3v) is 2.82. The summed E-state index contributed by atoms with van der Waals surface area (Å²) in [4.78, 5) is 0. The predicted molar refractivity (Wildman–Crippen MR) is 59.0 cm³/mol. The van der Waals surface area contributed by atoms with Crippen LogP contribution < -0.4 is 0 Å². The lowest BCUT2D eigenvalue weighted by Crippen LogP contribution is -1.83. The molecule has 0 radical (unpaired) electrons. The van der Waals surface area contributed by atoms with Crippen LogP contribution in [0.25, 0.3) is 0 Å². The third-order valence-electron chi connectivity index (χ3n) is 2.82. The molecular weight excluding hydrogens is 202 g/mol. The van der Waals surface area contributed by atoms with E-state index in [0.717, 1.165) is 11.5 Å². The van der Waals surface area contributed by atoms with Gasteiger partial charge in [-0.1, -0.05) is 35.0 Å². The molecule has 0 aliphatic carbocycles. The molecule has 0 bridgehead atoms. The summed E-state index contributed by atoms with van der Waals surface area (Å²) < 4.78 is 10.8. The highest BCUT2D eigenvalue weighted by Crippen LogP contribution is 2.50. The molecule has 1 aliphatic rings. The zero-order valence-corrected chi connectivity index (χ0v) is 9.31. The first kappa shape index (κ1) is 9.60. The highest BCUT2D eigenvalue weighted by molar-refractivity contribution is 5.28. The molecule has 1 aliphatic heterocycles. The van der Waals surface area contributed by atoms with Crippen LogP contribution in [0.2, 0.25) is 0 Å². The van der Waals surface area contributed by atoms with E-state index >= 15 is 0 Å². The standard InChI is InChI=1S/C13H13NO2/c1-8-3-5-10(6-4-8)12-13(15-12)11-7-9(2)14-16-11/h3-7,12-13H,1-2H3. The minimum atomic E-state index is 0.0453. The van der Waals surface area contributed by atoms with Crippen molar-refractivity contribution in [1.82, 2.24) is 5.16 Å². The topological polar surface area (TPSA) is 38.6 Å². The first-order valence-corrected chi connectivity index (χ1v) is 5.39. The average molecular weight is 215 g/mol. The maximum atomic E-state index is 5.61. The van der Waals surface area contributed by atoms with Gasteiger partial charge in [-0.2, -0.15) is 0 Å². The Morgan fingerprint density at radius 1 is 1.06 bits per heavy atom. The van der Waals surface area contributed by atoms with Crippen LogP contribution in [-0.4, -0.2) is 5.16 Å². The molecule has 1 saturated heterocycles. The van der Waals surface area contributed by atoms with Crippen molar-refractivity contribution in [3.63, 3.8) is 0 Å². The van der Waals surface area contributed by atoms with Crippen LogP contribution >= 0.6 is 0 Å². The van der Waals surface area contributed by atoms with Gasteiger partial charge in [0.25, 0.3) is 0 Å². The molecule has 1 aromatic carbocycles. The van der Waals surface area contributed by atoms with Crippen molar-refractivity contribution in [3.8, 4) is 0 Å². The third kappa shape index (κ3) is 1.63. The Bertz CT molecular complexity index is 501. The molecule has 1 fully saturated rings. The second kappa shape index (κ2) is 3.46. The second-order valence-corrected chi connectivity index (χ2v) is 4.26. The number of nitrogens with zero attached hydrogens (tertiary/aromatic N) is 1. The summed E-state index contributed by atoms with van der Waals surface area (Å²) in [6, 6.07) is 10.3. The molecule has 16 heavy (non-hydrogen) atoms. The smallest absolute Gasteiger partial charge is 0.168 e. The largest absolute Gasteiger partial charge is 0.358 e. The van der Waals surface area contributed by atoms with Gasteiger partial charge in [-0.05, 0) is 19.4 Å². The van der Waals surface area contributed by atoms with Crippen molar-refractivity contribution >= 4 is 0 Å². The van der Waals surface area contributed by atoms with Crippen LogP contribution in [0.4, 0.5) is 0 Å². The molecule has 0 N–H and O–H groups in total. The van der Waals surface area contributed by atoms with Gasteiger partial charge in [0.2, 0.25) is 0 Å². The number of epoxide rings is 1. The van der Waals surface area contributed by atoms with Gasteiger partial charge in [0, 0.05) is 6.07 Å². The van der Waals surface area contributed by atoms with E-state index in [1.165, 1.54) is 11.1 Å². The molecule has 2 atom stereocenters. The van der Waals surface area contributed by atoms with Gasteiger partial charge in [0.1, 0.15) is 12.2 Å². The summed E-state index contributed by atoms with van der Waals surface area (Å²) >= 11 is 0. The molecule has 3 rings (SSSR count). The number of hydrogen-bond donors (Lipinski definition) is 0. The molecule has 2 unspecified atom stereocenters. The fourth-order valence-electron chi connectivity index (χ4n) is 1.86. The lowest BCUT2D eigenvalue weighted by atomic mass is 10.1. The van der Waals surface area contributed by atoms with Gasteiger partial charge < -0.3 is 9.26 Å². The lowest BCUT2D eigenvalue weighted by molar-refractivity contribution is 0.316. The van der Waals surface area contributed by atoms with Gasteiger partial charge in [-0.3, -0.25) is 0 Å². The van der Waals surface area contributed by atoms with Crippen LogP contribution in [0.3, 0.4) is 0 Å². The van der Waals surface area contributed by atoms with Crippen LogP contribution in [0.15, 0.2) is 34.9 Å². The molecular formula is C13H13NO2. The number of ether oxygens (including phenoxy) is 1. The SMILES string of the molecule is Cc1ccc(C2OC2c2cc(C)no2)cc1. The molecule has 3 nitrogen and oxygen atoms in total. The second-order valence-electron chi connectivity index (χ2n) is 4.26. The molecule has 1 aromatic heterocycles. The quantitative estimate of drug-likeness (QED) is 0.722. The monoisotopic (exact) mass is 215 g/mol. The van der Waals surface area contributed by atoms with Gasteiger partial charge in [0.15, 0.2) is 5.76 Å². The highest BCUT2D eigenvalue weighted by Gasteiger charge is 2.44. The van der Waals surface area contributed by atoms with Crippen molar-refractivity contribution in [2.75, 3.05) is 0 Å². The summed E-state index contributed by atoms with van der Waals surface area (Å²) in [6.45, 7) is 3.99. The maximum Gasteiger partial charge on any atom is 0.168 e. The molecule has 82 valence electrons. The van der Waals surface area contributed by atoms with E-state index in [-0.39, 0.29) is 12.2 Å². The molecule has 0 saturated carbocycles. The summed E-state index contributed by atoms with van der Waals surface area (Å²) in [7, 11) is 0. The Morgan fingerprint density at radius 3 is 2.44 bits per heavy atom. The Labute approximate surface area is 94.0 Å². The zero-order valence-electron chi connectivity index (χ0n) is 9.31. The van der Waals surface area contributed by atoms with E-state index in [9.17, 15) is 0 Å². The minimum Gasteiger partial charge on any atom is -0.358 e. The number of aryl methyl sites for hydroxylation is 2. The molecule has 2 aromatic rings. The fraction of sp³-hybridized carbons (Fsp3) is 0.308. The Hall–Kier alpha value is -1.61. The van der Waals surface area contributed by atoms with Crippen LogP contribution in [-0.2, 0) is 4.74 Å². The lowest BCUT2D eigenvalue weighted by Gasteiger charge is -1.95. The number of aromatic nitrogens is 1. The van der Waals surface area contributed by atoms with Gasteiger partial charge >= 0.3 is 0 Å². The molecule has 0 amide bonds. The summed E-state index contributed by atoms with van der Waals surface area (Å²) in [5, 5.41) is 3.87. The summed E-state index contributed by atoms with van der Waals surface area (Å²) in [5.41, 5.74) is 3.36. The van der Waals surface area contributed by atoms with Crippen LogP contribution in [0.1, 0.15) is 34.8 Å². The Balaban J connectivity index is 1.79. The molecule has 2 heterocycles. The van der Waals surface area contributed by atoms with E-state index in [2.05, 4.69) is 36.3 Å². The van der Waals surface area contributed by atoms with E-state index in [1.54, 1.807) is 0 Å². The van der Waals surface area contributed by atoms with Gasteiger partial charge in [-0.25, -0.2) is 0 Å². The average Bonchev–Trinajstić information content (AvgIpc) is 2.96. The van der Waals surface area contributed by atoms with Crippen molar-refractivity contribution in [2.24, 2.45) is 0 Å². The van der Waals surface area contributed by atoms with E-state index in [1.807, 2.05) is 13.0 Å². The Morgan fingerprint density at radius 2 is 1.81 bits per heavy atom. The minimum absolute atomic E-state index is 0.0453. The van der Waals surface area contributed by atoms with Gasteiger partial charge in [-0.15, -0.1) is 0 Å². The van der Waals surface area contributed by atoms with Crippen molar-refractivity contribution in [1.29, 1.82) is 0 Å².